The lowest BCUT2D eigenvalue weighted by molar-refractivity contribution is 0.0519. The van der Waals surface area contributed by atoms with Crippen molar-refractivity contribution < 1.29 is 13.9 Å². The third kappa shape index (κ3) is 3.54. The fourth-order valence-electron chi connectivity index (χ4n) is 1.43. The molecule has 1 N–H and O–H groups in total. The van der Waals surface area contributed by atoms with E-state index in [1.54, 1.807) is 17.9 Å². The van der Waals surface area contributed by atoms with E-state index in [0.717, 1.165) is 5.82 Å². The molecule has 0 fully saturated rings. The van der Waals surface area contributed by atoms with E-state index in [2.05, 4.69) is 20.4 Å². The van der Waals surface area contributed by atoms with E-state index < -0.39 is 5.97 Å². The molecule has 0 aromatic carbocycles. The van der Waals surface area contributed by atoms with E-state index >= 15 is 0 Å². The molecule has 0 saturated heterocycles. The van der Waals surface area contributed by atoms with E-state index in [1.807, 2.05) is 7.05 Å². The van der Waals surface area contributed by atoms with Gasteiger partial charge in [-0.3, -0.25) is 4.68 Å². The summed E-state index contributed by atoms with van der Waals surface area (Å²) in [5.74, 6) is 0.234. The molecule has 0 saturated carbocycles. The van der Waals surface area contributed by atoms with Gasteiger partial charge in [0.15, 0.2) is 11.5 Å². The predicted molar refractivity (Wildman–Crippen MR) is 65.7 cm³/mol. The zero-order chi connectivity index (χ0) is 13.7. The van der Waals surface area contributed by atoms with Crippen LogP contribution in [0.3, 0.4) is 0 Å². The van der Waals surface area contributed by atoms with Gasteiger partial charge in [-0.15, -0.1) is 0 Å². The molecule has 0 unspecified atom stereocenters. The lowest BCUT2D eigenvalue weighted by Gasteiger charge is -1.98. The molecule has 0 amide bonds. The highest BCUT2D eigenvalue weighted by Gasteiger charge is 2.12. The third-order valence-corrected chi connectivity index (χ3v) is 2.26. The van der Waals surface area contributed by atoms with Crippen LogP contribution < -0.4 is 5.32 Å². The molecule has 2 aromatic rings. The van der Waals surface area contributed by atoms with Gasteiger partial charge in [-0.2, -0.15) is 10.1 Å². The van der Waals surface area contributed by atoms with Crippen LogP contribution in [0.1, 0.15) is 23.2 Å². The number of nitrogens with one attached hydrogen (secondary N) is 1. The van der Waals surface area contributed by atoms with Crippen molar-refractivity contribution in [1.29, 1.82) is 0 Å². The van der Waals surface area contributed by atoms with Gasteiger partial charge in [0.2, 0.25) is 0 Å². The summed E-state index contributed by atoms with van der Waals surface area (Å²) < 4.78 is 11.6. The minimum atomic E-state index is -0.495. The number of carbonyl (C=O) groups excluding carboxylic acids is 1. The number of aryl methyl sites for hydroxylation is 1. The number of aromatic nitrogens is 4. The van der Waals surface area contributed by atoms with Crippen molar-refractivity contribution in [3.05, 3.63) is 24.1 Å². The molecular weight excluding hydrogens is 250 g/mol. The maximum absolute atomic E-state index is 11.4. The molecule has 8 heteroatoms. The topological polar surface area (TPSA) is 95.1 Å². The highest BCUT2D eigenvalue weighted by Crippen LogP contribution is 2.08. The second-order valence-corrected chi connectivity index (χ2v) is 3.77. The van der Waals surface area contributed by atoms with Gasteiger partial charge in [0.1, 0.15) is 12.6 Å². The molecule has 0 radical (unpaired) electrons. The lowest BCUT2D eigenvalue weighted by Crippen LogP contribution is -2.08. The van der Waals surface area contributed by atoms with Crippen molar-refractivity contribution in [2.24, 2.45) is 7.05 Å². The van der Waals surface area contributed by atoms with Gasteiger partial charge in [0.25, 0.3) is 6.01 Å². The highest BCUT2D eigenvalue weighted by atomic mass is 16.5. The Hall–Kier alpha value is -2.38. The molecule has 0 aliphatic rings. The Morgan fingerprint density at radius 1 is 1.58 bits per heavy atom. The lowest BCUT2D eigenvalue weighted by atomic mass is 10.4. The molecule has 8 nitrogen and oxygen atoms in total. The monoisotopic (exact) mass is 265 g/mol. The van der Waals surface area contributed by atoms with Gasteiger partial charge in [0, 0.05) is 20.0 Å². The van der Waals surface area contributed by atoms with Gasteiger partial charge in [0.05, 0.1) is 6.61 Å². The molecule has 19 heavy (non-hydrogen) atoms. The van der Waals surface area contributed by atoms with Crippen molar-refractivity contribution in [3.63, 3.8) is 0 Å². The van der Waals surface area contributed by atoms with Crippen LogP contribution in [0.5, 0.6) is 0 Å². The highest BCUT2D eigenvalue weighted by molar-refractivity contribution is 5.87. The van der Waals surface area contributed by atoms with E-state index in [0.29, 0.717) is 19.6 Å². The van der Waals surface area contributed by atoms with Crippen LogP contribution in [0.25, 0.3) is 0 Å². The second-order valence-electron chi connectivity index (χ2n) is 3.77. The number of carbonyl (C=O) groups is 1. The van der Waals surface area contributed by atoms with Crippen molar-refractivity contribution in [3.8, 4) is 0 Å². The number of nitrogens with zero attached hydrogens (tertiary/aromatic N) is 4. The minimum Gasteiger partial charge on any atom is -0.461 e. The molecule has 2 rings (SSSR count). The second kappa shape index (κ2) is 5.98. The molecule has 0 aliphatic carbocycles. The van der Waals surface area contributed by atoms with Gasteiger partial charge in [-0.1, -0.05) is 0 Å². The molecule has 0 aliphatic heterocycles. The molecule has 0 spiro atoms. The molecule has 102 valence electrons. The SMILES string of the molecule is CCOC(=O)c1coc(NCCc2ncn(C)n2)n1. The maximum atomic E-state index is 11.4. The fourth-order valence-corrected chi connectivity index (χ4v) is 1.43. The Bertz CT molecular complexity index is 548. The zero-order valence-corrected chi connectivity index (χ0v) is 10.8. The van der Waals surface area contributed by atoms with E-state index in [1.165, 1.54) is 6.26 Å². The number of esters is 1. The van der Waals surface area contributed by atoms with Crippen LogP contribution in [0, 0.1) is 0 Å². The number of oxazole rings is 1. The molecule has 0 atom stereocenters. The third-order valence-electron chi connectivity index (χ3n) is 2.26. The average Bonchev–Trinajstić information content (AvgIpc) is 2.99. The molecule has 2 heterocycles. The molecular formula is C11H15N5O3. The number of hydrogen-bond acceptors (Lipinski definition) is 7. The van der Waals surface area contributed by atoms with Crippen LogP contribution in [-0.4, -0.2) is 38.9 Å². The summed E-state index contributed by atoms with van der Waals surface area (Å²) in [6.07, 6.45) is 3.54. The normalized spacial score (nSPS) is 10.4. The summed E-state index contributed by atoms with van der Waals surface area (Å²) in [5.41, 5.74) is 0.153. The van der Waals surface area contributed by atoms with Crippen molar-refractivity contribution in [2.75, 3.05) is 18.5 Å². The Labute approximate surface area is 109 Å². The zero-order valence-electron chi connectivity index (χ0n) is 10.8. The van der Waals surface area contributed by atoms with Crippen LogP contribution in [0.4, 0.5) is 6.01 Å². The van der Waals surface area contributed by atoms with Gasteiger partial charge in [-0.05, 0) is 6.92 Å². The molecule has 2 aromatic heterocycles. The summed E-state index contributed by atoms with van der Waals surface area (Å²) in [4.78, 5) is 19.4. The summed E-state index contributed by atoms with van der Waals surface area (Å²) in [5, 5.41) is 7.09. The number of rotatable bonds is 6. The largest absolute Gasteiger partial charge is 0.461 e. The predicted octanol–water partition coefficient (Wildman–Crippen LogP) is 0.634. The maximum Gasteiger partial charge on any atom is 0.360 e. The Kier molecular flexibility index (Phi) is 4.11. The number of ether oxygens (including phenoxy) is 1. The van der Waals surface area contributed by atoms with Crippen LogP contribution >= 0.6 is 0 Å². The molecule has 0 bridgehead atoms. The standard InChI is InChI=1S/C11H15N5O3/c1-3-18-10(17)8-6-19-11(14-8)12-5-4-9-13-7-16(2)15-9/h6-7H,3-5H2,1-2H3,(H,12,14). The quantitative estimate of drug-likeness (QED) is 0.765. The van der Waals surface area contributed by atoms with E-state index in [-0.39, 0.29) is 11.7 Å². The number of hydrogen-bond donors (Lipinski definition) is 1. The van der Waals surface area contributed by atoms with Gasteiger partial charge < -0.3 is 14.5 Å². The smallest absolute Gasteiger partial charge is 0.360 e. The van der Waals surface area contributed by atoms with Gasteiger partial charge >= 0.3 is 5.97 Å². The van der Waals surface area contributed by atoms with Gasteiger partial charge in [-0.25, -0.2) is 9.78 Å². The first-order chi connectivity index (χ1) is 9.19. The first kappa shape index (κ1) is 13.1. The number of anilines is 1. The summed E-state index contributed by atoms with van der Waals surface area (Å²) in [6.45, 7) is 2.60. The van der Waals surface area contributed by atoms with Crippen LogP contribution in [-0.2, 0) is 18.2 Å². The first-order valence-corrected chi connectivity index (χ1v) is 5.90. The van der Waals surface area contributed by atoms with Crippen LogP contribution in [0.2, 0.25) is 0 Å². The average molecular weight is 265 g/mol. The van der Waals surface area contributed by atoms with E-state index in [4.69, 9.17) is 9.15 Å². The fraction of sp³-hybridized carbons (Fsp3) is 0.455. The van der Waals surface area contributed by atoms with Crippen LogP contribution in [0.15, 0.2) is 17.0 Å². The first-order valence-electron chi connectivity index (χ1n) is 5.90. The summed E-state index contributed by atoms with van der Waals surface area (Å²) in [6, 6.07) is 0.277. The van der Waals surface area contributed by atoms with E-state index in [9.17, 15) is 4.79 Å². The van der Waals surface area contributed by atoms with Crippen molar-refractivity contribution in [1.82, 2.24) is 19.7 Å². The Morgan fingerprint density at radius 3 is 3.11 bits per heavy atom. The Morgan fingerprint density at radius 2 is 2.42 bits per heavy atom. The Balaban J connectivity index is 1.81. The van der Waals surface area contributed by atoms with Crippen molar-refractivity contribution in [2.45, 2.75) is 13.3 Å². The van der Waals surface area contributed by atoms with Crippen molar-refractivity contribution >= 4 is 12.0 Å². The summed E-state index contributed by atoms with van der Waals surface area (Å²) >= 11 is 0. The summed E-state index contributed by atoms with van der Waals surface area (Å²) in [7, 11) is 1.81. The minimum absolute atomic E-state index is 0.153.